The normalized spacial score (nSPS) is 24.1. The largest absolute Gasteiger partial charge is 0.391 e. The minimum Gasteiger partial charge on any atom is -0.391 e. The highest BCUT2D eigenvalue weighted by Crippen LogP contribution is 2.27. The third-order valence-electron chi connectivity index (χ3n) is 3.42. The smallest absolute Gasteiger partial charge is 0.0992 e. The molecule has 0 saturated heterocycles. The molecule has 3 nitrogen and oxygen atoms in total. The lowest BCUT2D eigenvalue weighted by Gasteiger charge is -2.23. The van der Waals surface area contributed by atoms with Gasteiger partial charge in [-0.3, -0.25) is 0 Å². The lowest BCUT2D eigenvalue weighted by molar-refractivity contribution is 0.144. The minimum atomic E-state index is -0.339. The number of nitrogens with zero attached hydrogens (tertiary/aromatic N) is 1. The molecular formula is C14H17ClN2O. The fraction of sp³-hybridized carbons (Fsp3) is 0.500. The Balaban J connectivity index is 2.14. The van der Waals surface area contributed by atoms with E-state index in [1.54, 1.807) is 18.2 Å². The summed E-state index contributed by atoms with van der Waals surface area (Å²) in [5, 5.41) is 22.8. The molecule has 96 valence electrons. The Morgan fingerprint density at radius 1 is 1.28 bits per heavy atom. The number of rotatable bonds is 2. The van der Waals surface area contributed by atoms with E-state index in [2.05, 4.69) is 11.4 Å². The van der Waals surface area contributed by atoms with Crippen LogP contribution in [0.1, 0.15) is 37.7 Å². The number of hydrogen-bond acceptors (Lipinski definition) is 3. The van der Waals surface area contributed by atoms with Crippen molar-refractivity contribution < 1.29 is 5.11 Å². The van der Waals surface area contributed by atoms with E-state index in [0.29, 0.717) is 10.6 Å². The van der Waals surface area contributed by atoms with Crippen molar-refractivity contribution >= 4 is 17.3 Å². The zero-order valence-electron chi connectivity index (χ0n) is 10.2. The van der Waals surface area contributed by atoms with E-state index in [4.69, 9.17) is 16.9 Å². The quantitative estimate of drug-likeness (QED) is 0.806. The predicted molar refractivity (Wildman–Crippen MR) is 72.7 cm³/mol. The third-order valence-corrected chi connectivity index (χ3v) is 3.75. The van der Waals surface area contributed by atoms with E-state index in [1.807, 2.05) is 0 Å². The van der Waals surface area contributed by atoms with E-state index in [0.717, 1.165) is 31.4 Å². The van der Waals surface area contributed by atoms with Crippen molar-refractivity contribution in [3.05, 3.63) is 28.8 Å². The number of anilines is 1. The van der Waals surface area contributed by atoms with E-state index in [1.165, 1.54) is 6.42 Å². The molecule has 18 heavy (non-hydrogen) atoms. The number of nitriles is 1. The van der Waals surface area contributed by atoms with Crippen LogP contribution < -0.4 is 5.32 Å². The number of aliphatic hydroxyl groups excluding tert-OH is 1. The van der Waals surface area contributed by atoms with Crippen molar-refractivity contribution in [3.8, 4) is 6.07 Å². The summed E-state index contributed by atoms with van der Waals surface area (Å²) in [5.74, 6) is 0. The SMILES string of the molecule is N#Cc1ccc(Cl)c(NC2CCCCCC2O)c1. The van der Waals surface area contributed by atoms with Crippen LogP contribution in [0.3, 0.4) is 0 Å². The monoisotopic (exact) mass is 264 g/mol. The second-order valence-corrected chi connectivity index (χ2v) is 5.17. The molecule has 0 heterocycles. The highest BCUT2D eigenvalue weighted by molar-refractivity contribution is 6.33. The molecule has 0 amide bonds. The molecule has 0 bridgehead atoms. The zero-order chi connectivity index (χ0) is 13.0. The fourth-order valence-corrected chi connectivity index (χ4v) is 2.53. The summed E-state index contributed by atoms with van der Waals surface area (Å²) in [6.45, 7) is 0. The highest BCUT2D eigenvalue weighted by Gasteiger charge is 2.22. The van der Waals surface area contributed by atoms with Crippen LogP contribution in [0.5, 0.6) is 0 Å². The summed E-state index contributed by atoms with van der Waals surface area (Å²) in [4.78, 5) is 0. The zero-order valence-corrected chi connectivity index (χ0v) is 11.0. The van der Waals surface area contributed by atoms with E-state index < -0.39 is 0 Å². The molecule has 4 heteroatoms. The first kappa shape index (κ1) is 13.2. The lowest BCUT2D eigenvalue weighted by atomic mass is 10.1. The molecule has 1 aliphatic carbocycles. The molecule has 1 aliphatic rings. The molecule has 2 N–H and O–H groups in total. The van der Waals surface area contributed by atoms with Crippen molar-refractivity contribution in [2.24, 2.45) is 0 Å². The molecule has 0 aromatic heterocycles. The Hall–Kier alpha value is -1.24. The summed E-state index contributed by atoms with van der Waals surface area (Å²) in [7, 11) is 0. The maximum Gasteiger partial charge on any atom is 0.0992 e. The minimum absolute atomic E-state index is 0.0268. The van der Waals surface area contributed by atoms with Crippen LogP contribution in [-0.4, -0.2) is 17.3 Å². The first-order chi connectivity index (χ1) is 8.70. The number of halogens is 1. The number of hydrogen-bond donors (Lipinski definition) is 2. The van der Waals surface area contributed by atoms with E-state index >= 15 is 0 Å². The molecular weight excluding hydrogens is 248 g/mol. The predicted octanol–water partition coefficient (Wildman–Crippen LogP) is 3.32. The van der Waals surface area contributed by atoms with Crippen molar-refractivity contribution in [2.45, 2.75) is 44.2 Å². The Morgan fingerprint density at radius 2 is 2.06 bits per heavy atom. The fourth-order valence-electron chi connectivity index (χ4n) is 2.36. The first-order valence-corrected chi connectivity index (χ1v) is 6.73. The van der Waals surface area contributed by atoms with Crippen LogP contribution >= 0.6 is 11.6 Å². The van der Waals surface area contributed by atoms with Crippen molar-refractivity contribution in [1.29, 1.82) is 5.26 Å². The van der Waals surface area contributed by atoms with Crippen LogP contribution in [0.4, 0.5) is 5.69 Å². The molecule has 1 fully saturated rings. The van der Waals surface area contributed by atoms with Gasteiger partial charge in [0.1, 0.15) is 0 Å². The van der Waals surface area contributed by atoms with Crippen LogP contribution in [0.2, 0.25) is 5.02 Å². The highest BCUT2D eigenvalue weighted by atomic mass is 35.5. The topological polar surface area (TPSA) is 56.0 Å². The maximum absolute atomic E-state index is 10.1. The van der Waals surface area contributed by atoms with E-state index in [9.17, 15) is 5.11 Å². The maximum atomic E-state index is 10.1. The Kier molecular flexibility index (Phi) is 4.46. The second-order valence-electron chi connectivity index (χ2n) is 4.76. The standard InChI is InChI=1S/C14H17ClN2O/c15-11-7-6-10(9-16)8-13(11)17-12-4-2-1-3-5-14(12)18/h6-8,12,14,17-18H,1-5H2. The number of nitrogens with one attached hydrogen (secondary N) is 1. The third kappa shape index (κ3) is 3.16. The van der Waals surface area contributed by atoms with Crippen LogP contribution in [0.15, 0.2) is 18.2 Å². The Bertz CT molecular complexity index is 456. The van der Waals surface area contributed by atoms with Crippen LogP contribution in [-0.2, 0) is 0 Å². The van der Waals surface area contributed by atoms with Crippen LogP contribution in [0, 0.1) is 11.3 Å². The summed E-state index contributed by atoms with van der Waals surface area (Å²) in [5.41, 5.74) is 1.31. The van der Waals surface area contributed by atoms with Gasteiger partial charge >= 0.3 is 0 Å². The summed E-state index contributed by atoms with van der Waals surface area (Å²) < 4.78 is 0. The lowest BCUT2D eigenvalue weighted by Crippen LogP contribution is -2.32. The Morgan fingerprint density at radius 3 is 2.83 bits per heavy atom. The van der Waals surface area contributed by atoms with Gasteiger partial charge in [-0.05, 0) is 31.0 Å². The summed E-state index contributed by atoms with van der Waals surface area (Å²) in [6.07, 6.45) is 4.78. The van der Waals surface area contributed by atoms with Gasteiger partial charge in [0.15, 0.2) is 0 Å². The van der Waals surface area contributed by atoms with Gasteiger partial charge in [-0.25, -0.2) is 0 Å². The Labute approximate surface area is 112 Å². The van der Waals surface area contributed by atoms with Gasteiger partial charge in [-0.2, -0.15) is 5.26 Å². The van der Waals surface area contributed by atoms with Gasteiger partial charge in [0, 0.05) is 0 Å². The van der Waals surface area contributed by atoms with Gasteiger partial charge in [-0.1, -0.05) is 30.9 Å². The average Bonchev–Trinajstić information content (AvgIpc) is 2.58. The van der Waals surface area contributed by atoms with Crippen molar-refractivity contribution in [1.82, 2.24) is 0 Å². The molecule has 1 saturated carbocycles. The first-order valence-electron chi connectivity index (χ1n) is 6.35. The van der Waals surface area contributed by atoms with Crippen molar-refractivity contribution in [2.75, 3.05) is 5.32 Å². The molecule has 2 atom stereocenters. The molecule has 0 aliphatic heterocycles. The molecule has 0 spiro atoms. The van der Waals surface area contributed by atoms with E-state index in [-0.39, 0.29) is 12.1 Å². The van der Waals surface area contributed by atoms with Gasteiger partial charge in [0.25, 0.3) is 0 Å². The molecule has 2 unspecified atom stereocenters. The summed E-state index contributed by atoms with van der Waals surface area (Å²) in [6, 6.07) is 7.26. The molecule has 1 aromatic rings. The van der Waals surface area contributed by atoms with Gasteiger partial charge in [0.2, 0.25) is 0 Å². The molecule has 2 rings (SSSR count). The van der Waals surface area contributed by atoms with Gasteiger partial charge in [0.05, 0.1) is 34.5 Å². The summed E-state index contributed by atoms with van der Waals surface area (Å²) >= 11 is 6.11. The molecule has 0 radical (unpaired) electrons. The average molecular weight is 265 g/mol. The van der Waals surface area contributed by atoms with Gasteiger partial charge < -0.3 is 10.4 Å². The van der Waals surface area contributed by atoms with Crippen molar-refractivity contribution in [3.63, 3.8) is 0 Å². The number of benzene rings is 1. The van der Waals surface area contributed by atoms with Gasteiger partial charge in [-0.15, -0.1) is 0 Å². The number of aliphatic hydroxyl groups is 1. The second kappa shape index (κ2) is 6.08. The molecule has 1 aromatic carbocycles. The van der Waals surface area contributed by atoms with Crippen LogP contribution in [0.25, 0.3) is 0 Å².